The topological polar surface area (TPSA) is 92.3 Å². The summed E-state index contributed by atoms with van der Waals surface area (Å²) in [6.45, 7) is 1.76. The Bertz CT molecular complexity index is 1490. The maximum atomic E-state index is 13.4. The number of carbonyl (C=O) groups excluding carboxylic acids is 1. The third-order valence-electron chi connectivity index (χ3n) is 5.54. The molecule has 0 aliphatic heterocycles. The molecule has 1 heterocycles. The van der Waals surface area contributed by atoms with Gasteiger partial charge in [-0.15, -0.1) is 0 Å². The number of rotatable bonds is 6. The van der Waals surface area contributed by atoms with Crippen molar-refractivity contribution in [3.8, 4) is 0 Å². The molecule has 0 unspecified atom stereocenters. The zero-order valence-electron chi connectivity index (χ0n) is 18.4. The number of hydrogen-bond acceptors (Lipinski definition) is 6. The van der Waals surface area contributed by atoms with E-state index in [1.165, 1.54) is 24.1 Å². The molecular weight excluding hydrogens is 501 g/mol. The van der Waals surface area contributed by atoms with Crippen molar-refractivity contribution in [3.05, 3.63) is 83.4 Å². The van der Waals surface area contributed by atoms with E-state index in [0.717, 1.165) is 29.4 Å². The van der Waals surface area contributed by atoms with Gasteiger partial charge in [0, 0.05) is 7.05 Å². The van der Waals surface area contributed by atoms with E-state index >= 15 is 0 Å². The molecule has 182 valence electrons. The van der Waals surface area contributed by atoms with Crippen LogP contribution < -0.4 is 4.72 Å². The summed E-state index contributed by atoms with van der Waals surface area (Å²) >= 11 is 0.807. The van der Waals surface area contributed by atoms with Gasteiger partial charge >= 0.3 is 6.18 Å². The molecule has 0 aliphatic rings. The Hall–Kier alpha value is -3.51. The third kappa shape index (κ3) is 4.98. The number of alkyl halides is 3. The molecule has 3 aromatic carbocycles. The monoisotopic (exact) mass is 520 g/mol. The van der Waals surface area contributed by atoms with Crippen LogP contribution in [0.4, 0.5) is 18.9 Å². The van der Waals surface area contributed by atoms with Gasteiger partial charge in [0.25, 0.3) is 15.9 Å². The first kappa shape index (κ1) is 24.6. The summed E-state index contributed by atoms with van der Waals surface area (Å²) in [5.74, 6) is -0.652. The SMILES string of the molecule is C[C@H](c1ccccc1)N(C)C(=O)c1ccc(C(F)(F)F)cc1NS(=O)(=O)c1cccc2nsnc12. The second-order valence-electron chi connectivity index (χ2n) is 7.75. The number of halogens is 3. The Kier molecular flexibility index (Phi) is 6.52. The molecule has 1 aromatic heterocycles. The predicted octanol–water partition coefficient (Wildman–Crippen LogP) is 5.34. The maximum absolute atomic E-state index is 13.4. The zero-order valence-corrected chi connectivity index (χ0v) is 20.1. The van der Waals surface area contributed by atoms with E-state index < -0.39 is 39.4 Å². The third-order valence-corrected chi connectivity index (χ3v) is 7.48. The number of hydrogen-bond donors (Lipinski definition) is 1. The average molecular weight is 521 g/mol. The second-order valence-corrected chi connectivity index (χ2v) is 9.93. The van der Waals surface area contributed by atoms with Gasteiger partial charge in [0.1, 0.15) is 15.9 Å². The van der Waals surface area contributed by atoms with Crippen molar-refractivity contribution in [1.29, 1.82) is 0 Å². The number of benzene rings is 3. The molecule has 0 saturated carbocycles. The van der Waals surface area contributed by atoms with Gasteiger partial charge in [-0.2, -0.15) is 21.9 Å². The van der Waals surface area contributed by atoms with E-state index in [9.17, 15) is 26.4 Å². The first-order valence-electron chi connectivity index (χ1n) is 10.3. The van der Waals surface area contributed by atoms with Crippen LogP contribution in [0.2, 0.25) is 0 Å². The van der Waals surface area contributed by atoms with Crippen LogP contribution in [-0.4, -0.2) is 35.0 Å². The summed E-state index contributed by atoms with van der Waals surface area (Å²) in [5.41, 5.74) is -0.596. The average Bonchev–Trinajstić information content (AvgIpc) is 3.31. The summed E-state index contributed by atoms with van der Waals surface area (Å²) in [5, 5.41) is 0. The highest BCUT2D eigenvalue weighted by Gasteiger charge is 2.33. The zero-order chi connectivity index (χ0) is 25.4. The molecular formula is C23H19F3N4O3S2. The molecule has 0 spiro atoms. The lowest BCUT2D eigenvalue weighted by molar-refractivity contribution is -0.137. The van der Waals surface area contributed by atoms with Crippen LogP contribution in [0.1, 0.15) is 34.5 Å². The standard InChI is InChI=1S/C23H19F3N4O3S2/c1-14(15-7-4-3-5-8-15)30(2)22(31)17-12-11-16(23(24,25)26)13-19(17)29-35(32,33)20-10-6-9-18-21(20)28-34-27-18/h3-14,29H,1-2H3/t14-/m1/s1. The fourth-order valence-corrected chi connectivity index (χ4v) is 5.35. The first-order chi connectivity index (χ1) is 16.5. The number of carbonyl (C=O) groups is 1. The van der Waals surface area contributed by atoms with Gasteiger partial charge in [0.05, 0.1) is 34.6 Å². The van der Waals surface area contributed by atoms with Crippen LogP contribution in [0.25, 0.3) is 11.0 Å². The predicted molar refractivity (Wildman–Crippen MR) is 127 cm³/mol. The molecule has 4 rings (SSSR count). The minimum absolute atomic E-state index is 0.0830. The highest BCUT2D eigenvalue weighted by molar-refractivity contribution is 7.93. The number of nitrogens with zero attached hydrogens (tertiary/aromatic N) is 3. The summed E-state index contributed by atoms with van der Waals surface area (Å²) in [7, 11) is -2.91. The van der Waals surface area contributed by atoms with E-state index in [1.54, 1.807) is 25.1 Å². The minimum Gasteiger partial charge on any atom is -0.335 e. The Morgan fingerprint density at radius 1 is 1.03 bits per heavy atom. The van der Waals surface area contributed by atoms with E-state index in [0.29, 0.717) is 11.6 Å². The van der Waals surface area contributed by atoms with E-state index in [4.69, 9.17) is 0 Å². The van der Waals surface area contributed by atoms with Crippen molar-refractivity contribution in [3.63, 3.8) is 0 Å². The van der Waals surface area contributed by atoms with E-state index in [-0.39, 0.29) is 16.0 Å². The van der Waals surface area contributed by atoms with Crippen LogP contribution in [0.5, 0.6) is 0 Å². The van der Waals surface area contributed by atoms with Gasteiger partial charge in [0.2, 0.25) is 0 Å². The van der Waals surface area contributed by atoms with Crippen molar-refractivity contribution >= 4 is 44.4 Å². The van der Waals surface area contributed by atoms with Crippen LogP contribution in [0.3, 0.4) is 0 Å². The minimum atomic E-state index is -4.75. The Balaban J connectivity index is 1.76. The Morgan fingerprint density at radius 3 is 2.43 bits per heavy atom. The molecule has 7 nitrogen and oxygen atoms in total. The molecule has 0 fully saturated rings. The smallest absolute Gasteiger partial charge is 0.335 e. The number of anilines is 1. The molecule has 1 amide bonds. The number of sulfonamides is 1. The van der Waals surface area contributed by atoms with Crippen LogP contribution in [0.15, 0.2) is 71.6 Å². The summed E-state index contributed by atoms with van der Waals surface area (Å²) in [4.78, 5) is 14.4. The van der Waals surface area contributed by atoms with Crippen molar-refractivity contribution < 1.29 is 26.4 Å². The fourth-order valence-electron chi connectivity index (χ4n) is 3.51. The van der Waals surface area contributed by atoms with Gasteiger partial charge in [-0.25, -0.2) is 8.42 Å². The van der Waals surface area contributed by atoms with E-state index in [2.05, 4.69) is 13.5 Å². The van der Waals surface area contributed by atoms with Crippen LogP contribution in [0, 0.1) is 0 Å². The first-order valence-corrected chi connectivity index (χ1v) is 12.5. The molecule has 1 N–H and O–H groups in total. The molecule has 0 bridgehead atoms. The van der Waals surface area contributed by atoms with Crippen molar-refractivity contribution in [1.82, 2.24) is 13.6 Å². The second kappa shape index (κ2) is 9.27. The van der Waals surface area contributed by atoms with E-state index in [1.807, 2.05) is 18.2 Å². The molecule has 0 aliphatic carbocycles. The largest absolute Gasteiger partial charge is 0.416 e. The van der Waals surface area contributed by atoms with Gasteiger partial charge in [-0.1, -0.05) is 36.4 Å². The number of aromatic nitrogens is 2. The molecule has 0 radical (unpaired) electrons. The quantitative estimate of drug-likeness (QED) is 0.370. The number of amides is 1. The Morgan fingerprint density at radius 2 is 1.74 bits per heavy atom. The highest BCUT2D eigenvalue weighted by atomic mass is 32.2. The van der Waals surface area contributed by atoms with Crippen molar-refractivity contribution in [2.24, 2.45) is 0 Å². The lowest BCUT2D eigenvalue weighted by atomic mass is 10.0. The maximum Gasteiger partial charge on any atom is 0.416 e. The normalized spacial score (nSPS) is 12.9. The number of nitrogens with one attached hydrogen (secondary N) is 1. The van der Waals surface area contributed by atoms with Gasteiger partial charge < -0.3 is 4.90 Å². The summed E-state index contributed by atoms with van der Waals surface area (Å²) < 4.78 is 76.9. The molecule has 12 heteroatoms. The highest BCUT2D eigenvalue weighted by Crippen LogP contribution is 2.34. The van der Waals surface area contributed by atoms with Crippen molar-refractivity contribution in [2.45, 2.75) is 24.0 Å². The fraction of sp³-hybridized carbons (Fsp3) is 0.174. The molecule has 35 heavy (non-hydrogen) atoms. The van der Waals surface area contributed by atoms with Gasteiger partial charge in [0.15, 0.2) is 0 Å². The molecule has 4 aromatic rings. The van der Waals surface area contributed by atoms with Gasteiger partial charge in [-0.3, -0.25) is 9.52 Å². The number of fused-ring (bicyclic) bond motifs is 1. The summed E-state index contributed by atoms with van der Waals surface area (Å²) in [6, 6.07) is 15.2. The summed E-state index contributed by atoms with van der Waals surface area (Å²) in [6.07, 6.45) is -4.75. The van der Waals surface area contributed by atoms with Crippen LogP contribution >= 0.6 is 11.7 Å². The lowest BCUT2D eigenvalue weighted by Crippen LogP contribution is -2.31. The lowest BCUT2D eigenvalue weighted by Gasteiger charge is -2.26. The Labute approximate surface area is 203 Å². The molecule has 0 saturated heterocycles. The van der Waals surface area contributed by atoms with Gasteiger partial charge in [-0.05, 0) is 42.8 Å². The van der Waals surface area contributed by atoms with Crippen LogP contribution in [-0.2, 0) is 16.2 Å². The molecule has 1 atom stereocenters. The van der Waals surface area contributed by atoms with Crippen molar-refractivity contribution in [2.75, 3.05) is 11.8 Å².